The molecule has 1 aromatic heterocycles. The Bertz CT molecular complexity index is 941. The van der Waals surface area contributed by atoms with Crippen LogP contribution in [-0.2, 0) is 19.6 Å². The molecule has 0 radical (unpaired) electrons. The number of thiophene rings is 1. The van der Waals surface area contributed by atoms with Gasteiger partial charge in [-0.2, -0.15) is 4.31 Å². The number of carbonyl (C=O) groups is 1. The third kappa shape index (κ3) is 3.58. The highest BCUT2D eigenvalue weighted by molar-refractivity contribution is 7.91. The van der Waals surface area contributed by atoms with Gasteiger partial charge in [0, 0.05) is 23.9 Å². The van der Waals surface area contributed by atoms with E-state index in [1.54, 1.807) is 6.07 Å². The monoisotopic (exact) mass is 404 g/mol. The Kier molecular flexibility index (Phi) is 4.90. The molecule has 2 saturated heterocycles. The number of fused-ring (bicyclic) bond motifs is 1. The number of hydrogen-bond acceptors (Lipinski definition) is 5. The number of nitrogens with zero attached hydrogens (tertiary/aromatic N) is 1. The fourth-order valence-corrected chi connectivity index (χ4v) is 6.55. The minimum Gasteiger partial charge on any atom is -0.354 e. The van der Waals surface area contributed by atoms with Crippen LogP contribution in [0.4, 0.5) is 0 Å². The first-order chi connectivity index (χ1) is 13.0. The number of benzene rings is 1. The highest BCUT2D eigenvalue weighted by Gasteiger charge is 2.46. The van der Waals surface area contributed by atoms with Crippen LogP contribution in [0.5, 0.6) is 0 Å². The van der Waals surface area contributed by atoms with Gasteiger partial charge in [-0.3, -0.25) is 4.79 Å². The maximum Gasteiger partial charge on any atom is 0.252 e. The quantitative estimate of drug-likeness (QED) is 0.777. The van der Waals surface area contributed by atoms with E-state index in [1.807, 2.05) is 36.4 Å². The maximum absolute atomic E-state index is 13.0. The SMILES string of the molecule is C=CC(=O)NC1CC2CN(S(=O)(=O)c3ccc(-c4ccccc4)s3)CC2O1. The van der Waals surface area contributed by atoms with Crippen LogP contribution in [0.15, 0.2) is 59.3 Å². The third-order valence-electron chi connectivity index (χ3n) is 4.93. The molecule has 0 aliphatic carbocycles. The van der Waals surface area contributed by atoms with Crippen molar-refractivity contribution in [2.45, 2.75) is 23.0 Å². The molecule has 3 unspecified atom stereocenters. The lowest BCUT2D eigenvalue weighted by Crippen LogP contribution is -2.36. The zero-order valence-corrected chi connectivity index (χ0v) is 16.2. The number of carbonyl (C=O) groups excluding carboxylic acids is 1. The molecule has 8 heteroatoms. The van der Waals surface area contributed by atoms with Gasteiger partial charge in [-0.05, 0) is 30.2 Å². The summed E-state index contributed by atoms with van der Waals surface area (Å²) in [4.78, 5) is 12.3. The van der Waals surface area contributed by atoms with E-state index < -0.39 is 10.0 Å². The normalized spacial score (nSPS) is 25.3. The molecule has 0 spiro atoms. The highest BCUT2D eigenvalue weighted by Crippen LogP contribution is 2.37. The summed E-state index contributed by atoms with van der Waals surface area (Å²) in [6.45, 7) is 4.14. The maximum atomic E-state index is 13.0. The molecule has 4 rings (SSSR count). The Labute approximate surface area is 162 Å². The predicted molar refractivity (Wildman–Crippen MR) is 104 cm³/mol. The van der Waals surface area contributed by atoms with Crippen molar-refractivity contribution in [1.29, 1.82) is 0 Å². The Balaban J connectivity index is 1.45. The standard InChI is InChI=1S/C19H20N2O4S2/c1-2-17(22)20-18-10-14-11-21(12-15(14)25-18)27(23,24)19-9-8-16(26-19)13-6-4-3-5-7-13/h2-9,14-15,18H,1,10-12H2,(H,20,22). The van der Waals surface area contributed by atoms with Gasteiger partial charge in [0.05, 0.1) is 6.10 Å². The van der Waals surface area contributed by atoms with Crippen molar-refractivity contribution < 1.29 is 17.9 Å². The van der Waals surface area contributed by atoms with Crippen LogP contribution >= 0.6 is 11.3 Å². The van der Waals surface area contributed by atoms with Crippen LogP contribution in [0.25, 0.3) is 10.4 Å². The van der Waals surface area contributed by atoms with Gasteiger partial charge in [0.2, 0.25) is 5.91 Å². The number of ether oxygens (including phenoxy) is 1. The molecule has 142 valence electrons. The van der Waals surface area contributed by atoms with Crippen molar-refractivity contribution in [2.24, 2.45) is 5.92 Å². The third-order valence-corrected chi connectivity index (χ3v) is 8.36. The molecular formula is C19H20N2O4S2. The summed E-state index contributed by atoms with van der Waals surface area (Å²) < 4.78 is 33.7. The molecule has 27 heavy (non-hydrogen) atoms. The topological polar surface area (TPSA) is 75.7 Å². The Morgan fingerprint density at radius 2 is 2.00 bits per heavy atom. The van der Waals surface area contributed by atoms with Crippen LogP contribution in [0, 0.1) is 5.92 Å². The van der Waals surface area contributed by atoms with Gasteiger partial charge in [0.15, 0.2) is 0 Å². The van der Waals surface area contributed by atoms with Crippen molar-refractivity contribution in [3.63, 3.8) is 0 Å². The fraction of sp³-hybridized carbons (Fsp3) is 0.316. The average molecular weight is 405 g/mol. The van der Waals surface area contributed by atoms with Gasteiger partial charge in [-0.1, -0.05) is 36.9 Å². The number of nitrogens with one attached hydrogen (secondary N) is 1. The second-order valence-electron chi connectivity index (χ2n) is 6.68. The molecule has 2 aliphatic heterocycles. The van der Waals surface area contributed by atoms with Crippen LogP contribution in [-0.4, -0.2) is 44.1 Å². The molecule has 6 nitrogen and oxygen atoms in total. The number of sulfonamides is 1. The Morgan fingerprint density at radius 1 is 1.22 bits per heavy atom. The van der Waals surface area contributed by atoms with Crippen LogP contribution in [0.3, 0.4) is 0 Å². The molecule has 3 atom stereocenters. The zero-order valence-electron chi connectivity index (χ0n) is 14.6. The lowest BCUT2D eigenvalue weighted by molar-refractivity contribution is -0.120. The molecule has 0 bridgehead atoms. The van der Waals surface area contributed by atoms with Gasteiger partial charge in [-0.25, -0.2) is 8.42 Å². The minimum atomic E-state index is -3.54. The molecular weight excluding hydrogens is 384 g/mol. The summed E-state index contributed by atoms with van der Waals surface area (Å²) in [6, 6.07) is 13.3. The van der Waals surface area contributed by atoms with E-state index in [2.05, 4.69) is 11.9 Å². The van der Waals surface area contributed by atoms with E-state index in [1.165, 1.54) is 21.7 Å². The summed E-state index contributed by atoms with van der Waals surface area (Å²) in [7, 11) is -3.54. The zero-order chi connectivity index (χ0) is 19.0. The molecule has 3 heterocycles. The first-order valence-electron chi connectivity index (χ1n) is 8.71. The molecule has 1 amide bonds. The summed E-state index contributed by atoms with van der Waals surface area (Å²) in [5.74, 6) is -0.195. The van der Waals surface area contributed by atoms with Crippen molar-refractivity contribution in [2.75, 3.05) is 13.1 Å². The first kappa shape index (κ1) is 18.4. The van der Waals surface area contributed by atoms with E-state index in [0.717, 1.165) is 10.4 Å². The van der Waals surface area contributed by atoms with Crippen molar-refractivity contribution in [3.05, 3.63) is 55.1 Å². The first-order valence-corrected chi connectivity index (χ1v) is 11.0. The number of rotatable bonds is 5. The average Bonchev–Trinajstić information content (AvgIpc) is 3.37. The summed E-state index contributed by atoms with van der Waals surface area (Å²) in [6.07, 6.45) is 1.25. The molecule has 1 N–H and O–H groups in total. The largest absolute Gasteiger partial charge is 0.354 e. The smallest absolute Gasteiger partial charge is 0.252 e. The lowest BCUT2D eigenvalue weighted by Gasteiger charge is -2.18. The van der Waals surface area contributed by atoms with E-state index in [0.29, 0.717) is 23.7 Å². The van der Waals surface area contributed by atoms with Gasteiger partial charge < -0.3 is 10.1 Å². The Morgan fingerprint density at radius 3 is 2.70 bits per heavy atom. The van der Waals surface area contributed by atoms with E-state index >= 15 is 0 Å². The van der Waals surface area contributed by atoms with Crippen molar-refractivity contribution >= 4 is 27.3 Å². The molecule has 2 fully saturated rings. The summed E-state index contributed by atoms with van der Waals surface area (Å²) in [5, 5.41) is 2.72. The predicted octanol–water partition coefficient (Wildman–Crippen LogP) is 2.45. The van der Waals surface area contributed by atoms with Gasteiger partial charge in [-0.15, -0.1) is 11.3 Å². The molecule has 0 saturated carbocycles. The summed E-state index contributed by atoms with van der Waals surface area (Å²) in [5.41, 5.74) is 1.01. The molecule has 1 aromatic carbocycles. The van der Waals surface area contributed by atoms with Crippen LogP contribution in [0.1, 0.15) is 6.42 Å². The van der Waals surface area contributed by atoms with Crippen LogP contribution < -0.4 is 5.32 Å². The van der Waals surface area contributed by atoms with E-state index in [9.17, 15) is 13.2 Å². The van der Waals surface area contributed by atoms with Crippen molar-refractivity contribution in [3.8, 4) is 10.4 Å². The molecule has 2 aliphatic rings. The summed E-state index contributed by atoms with van der Waals surface area (Å²) >= 11 is 1.28. The fourth-order valence-electron chi connectivity index (χ4n) is 3.58. The Hall–Kier alpha value is -2.00. The number of hydrogen-bond donors (Lipinski definition) is 1. The van der Waals surface area contributed by atoms with Crippen LogP contribution in [0.2, 0.25) is 0 Å². The molecule has 2 aromatic rings. The number of amides is 1. The lowest BCUT2D eigenvalue weighted by atomic mass is 10.1. The van der Waals surface area contributed by atoms with Gasteiger partial charge in [0.25, 0.3) is 10.0 Å². The van der Waals surface area contributed by atoms with E-state index in [-0.39, 0.29) is 24.2 Å². The minimum absolute atomic E-state index is 0.0865. The second kappa shape index (κ2) is 7.20. The van der Waals surface area contributed by atoms with E-state index in [4.69, 9.17) is 4.74 Å². The van der Waals surface area contributed by atoms with Crippen molar-refractivity contribution in [1.82, 2.24) is 9.62 Å². The van der Waals surface area contributed by atoms with Gasteiger partial charge in [0.1, 0.15) is 10.4 Å². The second-order valence-corrected chi connectivity index (χ2v) is 9.93. The van der Waals surface area contributed by atoms with Gasteiger partial charge >= 0.3 is 0 Å². The highest BCUT2D eigenvalue weighted by atomic mass is 32.2.